The van der Waals surface area contributed by atoms with Gasteiger partial charge in [-0.2, -0.15) is 0 Å². The molecule has 0 aliphatic rings. The second-order valence-corrected chi connectivity index (χ2v) is 17.7. The van der Waals surface area contributed by atoms with E-state index in [9.17, 15) is 23.8 Å². The Kier molecular flexibility index (Phi) is 40.6. The van der Waals surface area contributed by atoms with Gasteiger partial charge < -0.3 is 25.2 Å². The van der Waals surface area contributed by atoms with Gasteiger partial charge in [-0.1, -0.05) is 193 Å². The molecule has 0 rings (SSSR count). The number of carboxylic acids is 1. The van der Waals surface area contributed by atoms with Gasteiger partial charge in [0, 0.05) is 12.8 Å². The van der Waals surface area contributed by atoms with Crippen LogP contribution < -0.4 is 5.73 Å². The second-order valence-electron chi connectivity index (χ2n) is 16.2. The van der Waals surface area contributed by atoms with Crippen LogP contribution in [0.5, 0.6) is 0 Å². The number of hydrogen-bond acceptors (Lipinski definition) is 9. The summed E-state index contributed by atoms with van der Waals surface area (Å²) >= 11 is 0. The highest BCUT2D eigenvalue weighted by molar-refractivity contribution is 7.47. The van der Waals surface area contributed by atoms with Crippen LogP contribution >= 0.6 is 7.82 Å². The Morgan fingerprint density at radius 2 is 0.862 bits per heavy atom. The molecule has 0 aromatic rings. The molecule has 58 heavy (non-hydrogen) atoms. The number of phosphoric ester groups is 1. The maximum Gasteiger partial charge on any atom is 0.472 e. The highest BCUT2D eigenvalue weighted by atomic mass is 31.2. The van der Waals surface area contributed by atoms with Gasteiger partial charge >= 0.3 is 25.7 Å². The van der Waals surface area contributed by atoms with Gasteiger partial charge in [-0.3, -0.25) is 23.4 Å². The van der Waals surface area contributed by atoms with E-state index in [2.05, 4.69) is 30.5 Å². The topological polar surface area (TPSA) is 172 Å². The average Bonchev–Trinajstić information content (AvgIpc) is 3.20. The van der Waals surface area contributed by atoms with Crippen LogP contribution in [0.2, 0.25) is 0 Å². The molecule has 0 fully saturated rings. The summed E-state index contributed by atoms with van der Waals surface area (Å²) in [6, 6.07) is -1.52. The van der Waals surface area contributed by atoms with E-state index < -0.39 is 51.1 Å². The summed E-state index contributed by atoms with van der Waals surface area (Å²) in [4.78, 5) is 46.0. The average molecular weight is 846 g/mol. The summed E-state index contributed by atoms with van der Waals surface area (Å²) in [5.41, 5.74) is 5.34. The number of hydrogen-bond donors (Lipinski definition) is 3. The van der Waals surface area contributed by atoms with Gasteiger partial charge in [0.15, 0.2) is 6.10 Å². The van der Waals surface area contributed by atoms with Crippen molar-refractivity contribution in [1.29, 1.82) is 0 Å². The monoisotopic (exact) mass is 846 g/mol. The van der Waals surface area contributed by atoms with Gasteiger partial charge in [-0.15, -0.1) is 0 Å². The summed E-state index contributed by atoms with van der Waals surface area (Å²) in [6.07, 6.45) is 42.8. The molecule has 342 valence electrons. The number of phosphoric acid groups is 1. The second kappa shape index (κ2) is 41.9. The molecule has 0 aromatic carbocycles. The van der Waals surface area contributed by atoms with Crippen LogP contribution in [0.3, 0.4) is 0 Å². The molecule has 0 radical (unpaired) electrons. The number of carboxylic acid groups (broad SMARTS) is 1. The summed E-state index contributed by atoms with van der Waals surface area (Å²) in [7, 11) is -4.71. The zero-order valence-electron chi connectivity index (χ0n) is 37.2. The van der Waals surface area contributed by atoms with Crippen LogP contribution in [0.15, 0.2) is 12.2 Å². The molecule has 0 heterocycles. The molecule has 0 saturated carbocycles. The highest BCUT2D eigenvalue weighted by Crippen LogP contribution is 2.43. The number of aliphatic carboxylic acids is 1. The fourth-order valence-corrected chi connectivity index (χ4v) is 7.55. The molecule has 3 unspecified atom stereocenters. The van der Waals surface area contributed by atoms with Gasteiger partial charge in [0.2, 0.25) is 0 Å². The van der Waals surface area contributed by atoms with E-state index >= 15 is 0 Å². The first kappa shape index (κ1) is 56.2. The molecular formula is C46H88NO10P. The van der Waals surface area contributed by atoms with E-state index in [4.69, 9.17) is 24.8 Å². The van der Waals surface area contributed by atoms with Gasteiger partial charge in [0.1, 0.15) is 12.6 Å². The molecule has 3 atom stereocenters. The number of allylic oxidation sites excluding steroid dienone is 2. The van der Waals surface area contributed by atoms with Crippen molar-refractivity contribution in [3.05, 3.63) is 12.2 Å². The number of unbranched alkanes of at least 4 members (excludes halogenated alkanes) is 29. The smallest absolute Gasteiger partial charge is 0.472 e. The quantitative estimate of drug-likeness (QED) is 0.0230. The molecule has 0 aromatic heterocycles. The van der Waals surface area contributed by atoms with Crippen LogP contribution in [-0.2, 0) is 37.5 Å². The fraction of sp³-hybridized carbons (Fsp3) is 0.891. The maximum atomic E-state index is 12.6. The highest BCUT2D eigenvalue weighted by Gasteiger charge is 2.28. The Balaban J connectivity index is 4.24. The Morgan fingerprint density at radius 1 is 0.517 bits per heavy atom. The predicted octanol–water partition coefficient (Wildman–Crippen LogP) is 12.8. The first-order valence-electron chi connectivity index (χ1n) is 23.7. The Morgan fingerprint density at radius 3 is 1.26 bits per heavy atom. The first-order chi connectivity index (χ1) is 28.1. The van der Waals surface area contributed by atoms with E-state index in [-0.39, 0.29) is 19.4 Å². The van der Waals surface area contributed by atoms with Crippen molar-refractivity contribution in [2.24, 2.45) is 5.73 Å². The van der Waals surface area contributed by atoms with E-state index in [1.54, 1.807) is 0 Å². The number of nitrogens with two attached hydrogens (primary N) is 1. The minimum Gasteiger partial charge on any atom is -0.480 e. The van der Waals surface area contributed by atoms with Crippen LogP contribution in [0.25, 0.3) is 0 Å². The third-order valence-electron chi connectivity index (χ3n) is 10.5. The normalized spacial score (nSPS) is 13.7. The molecule has 0 saturated heterocycles. The number of ether oxygens (including phenoxy) is 2. The lowest BCUT2D eigenvalue weighted by Crippen LogP contribution is -2.34. The minimum atomic E-state index is -4.71. The van der Waals surface area contributed by atoms with Gasteiger partial charge in [-0.05, 0) is 38.5 Å². The summed E-state index contributed by atoms with van der Waals surface area (Å²) in [5.74, 6) is -2.37. The third kappa shape index (κ3) is 41.0. The molecule has 0 bridgehead atoms. The standard InChI is InChI=1S/C46H88NO10P/c1-3-5-7-9-11-13-15-17-19-20-21-22-23-24-26-27-29-31-33-35-37-44(48)54-39-42(40-55-58(52,53)56-41-43(47)46(50)51)57-45(49)38-36-34-32-30-28-25-18-16-14-12-10-8-6-4-2/h16,18,42-43H,3-15,17,19-41,47H2,1-2H3,(H,50,51)(H,52,53)/b18-16-. The minimum absolute atomic E-state index is 0.155. The third-order valence-corrected chi connectivity index (χ3v) is 11.5. The lowest BCUT2D eigenvalue weighted by atomic mass is 10.0. The maximum absolute atomic E-state index is 12.6. The zero-order valence-corrected chi connectivity index (χ0v) is 38.1. The van der Waals surface area contributed by atoms with Crippen molar-refractivity contribution in [3.8, 4) is 0 Å². The van der Waals surface area contributed by atoms with E-state index in [0.29, 0.717) is 12.8 Å². The molecule has 11 nitrogen and oxygen atoms in total. The van der Waals surface area contributed by atoms with Crippen molar-refractivity contribution in [2.45, 2.75) is 244 Å². The Labute approximate surface area is 354 Å². The van der Waals surface area contributed by atoms with E-state index in [1.807, 2.05) is 0 Å². The molecular weight excluding hydrogens is 757 g/mol. The molecule has 4 N–H and O–H groups in total. The SMILES string of the molecule is CCCCCCC/C=C\CCCCCCCC(=O)OC(COC(=O)CCCCCCCCCCCCCCCCCCCCCC)COP(=O)(O)OCC(N)C(=O)O. The van der Waals surface area contributed by atoms with Crippen LogP contribution in [0.4, 0.5) is 0 Å². The number of esters is 2. The van der Waals surface area contributed by atoms with Crippen molar-refractivity contribution in [3.63, 3.8) is 0 Å². The molecule has 0 aliphatic heterocycles. The van der Waals surface area contributed by atoms with Crippen LogP contribution in [0, 0.1) is 0 Å². The predicted molar refractivity (Wildman–Crippen MR) is 236 cm³/mol. The van der Waals surface area contributed by atoms with Gasteiger partial charge in [-0.25, -0.2) is 4.57 Å². The zero-order chi connectivity index (χ0) is 42.8. The fourth-order valence-electron chi connectivity index (χ4n) is 6.77. The number of rotatable bonds is 45. The van der Waals surface area contributed by atoms with Gasteiger partial charge in [0.25, 0.3) is 0 Å². The summed E-state index contributed by atoms with van der Waals surface area (Å²) in [5, 5.41) is 8.90. The lowest BCUT2D eigenvalue weighted by molar-refractivity contribution is -0.161. The van der Waals surface area contributed by atoms with Crippen molar-refractivity contribution >= 4 is 25.7 Å². The molecule has 0 aliphatic carbocycles. The molecule has 12 heteroatoms. The largest absolute Gasteiger partial charge is 0.480 e. The Hall–Kier alpha value is -1.78. The van der Waals surface area contributed by atoms with E-state index in [0.717, 1.165) is 57.8 Å². The lowest BCUT2D eigenvalue weighted by Gasteiger charge is -2.20. The number of carbonyl (C=O) groups excluding carboxylic acids is 2. The van der Waals surface area contributed by atoms with Crippen LogP contribution in [-0.4, -0.2) is 59.9 Å². The number of carbonyl (C=O) groups is 3. The summed E-state index contributed by atoms with van der Waals surface area (Å²) < 4.78 is 32.7. The van der Waals surface area contributed by atoms with Crippen molar-refractivity contribution < 1.29 is 47.5 Å². The molecule has 0 spiro atoms. The molecule has 0 amide bonds. The van der Waals surface area contributed by atoms with Crippen LogP contribution in [0.1, 0.15) is 232 Å². The van der Waals surface area contributed by atoms with Gasteiger partial charge in [0.05, 0.1) is 13.2 Å². The van der Waals surface area contributed by atoms with Crippen molar-refractivity contribution in [2.75, 3.05) is 19.8 Å². The van der Waals surface area contributed by atoms with Crippen molar-refractivity contribution in [1.82, 2.24) is 0 Å². The van der Waals surface area contributed by atoms with E-state index in [1.165, 1.54) is 135 Å². The Bertz CT molecular complexity index is 1040. The summed E-state index contributed by atoms with van der Waals surface area (Å²) in [6.45, 7) is 2.82. The first-order valence-corrected chi connectivity index (χ1v) is 25.2.